The van der Waals surface area contributed by atoms with Crippen molar-refractivity contribution in [3.8, 4) is 0 Å². The van der Waals surface area contributed by atoms with Crippen LogP contribution in [0.25, 0.3) is 0 Å². The standard InChI is InChI=1S/C19H24N2O2/c1-3-15-9-11-18(12-10-15)21-19(22)20-13-16-5-7-17(8-6-16)14-23-4-2/h5-12H,3-4,13-14H2,1-2H3,(H2,20,21,22). The number of benzene rings is 2. The van der Waals surface area contributed by atoms with Crippen molar-refractivity contribution in [3.63, 3.8) is 0 Å². The first-order valence-corrected chi connectivity index (χ1v) is 8.00. The molecule has 2 amide bonds. The molecule has 0 aliphatic carbocycles. The molecular formula is C19H24N2O2. The van der Waals surface area contributed by atoms with Gasteiger partial charge < -0.3 is 15.4 Å². The Kier molecular flexibility index (Phi) is 6.63. The lowest BCUT2D eigenvalue weighted by Gasteiger charge is -2.09. The Balaban J connectivity index is 1.79. The molecule has 0 aliphatic heterocycles. The Morgan fingerprint density at radius 1 is 0.913 bits per heavy atom. The number of ether oxygens (including phenoxy) is 1. The lowest BCUT2D eigenvalue weighted by atomic mass is 10.1. The molecule has 0 saturated carbocycles. The minimum atomic E-state index is -0.201. The average molecular weight is 312 g/mol. The second kappa shape index (κ2) is 8.96. The van der Waals surface area contributed by atoms with Crippen molar-refractivity contribution in [2.24, 2.45) is 0 Å². The second-order valence-corrected chi connectivity index (χ2v) is 5.31. The van der Waals surface area contributed by atoms with Crippen molar-refractivity contribution < 1.29 is 9.53 Å². The fourth-order valence-corrected chi connectivity index (χ4v) is 2.15. The van der Waals surface area contributed by atoms with Crippen LogP contribution in [0.4, 0.5) is 10.5 Å². The van der Waals surface area contributed by atoms with Gasteiger partial charge in [0.2, 0.25) is 0 Å². The largest absolute Gasteiger partial charge is 0.377 e. The van der Waals surface area contributed by atoms with E-state index in [1.54, 1.807) is 0 Å². The van der Waals surface area contributed by atoms with Crippen molar-refractivity contribution in [1.82, 2.24) is 5.32 Å². The molecule has 23 heavy (non-hydrogen) atoms. The van der Waals surface area contributed by atoms with Gasteiger partial charge >= 0.3 is 6.03 Å². The number of urea groups is 1. The number of hydrogen-bond acceptors (Lipinski definition) is 2. The van der Waals surface area contributed by atoms with Crippen LogP contribution in [0.5, 0.6) is 0 Å². The average Bonchev–Trinajstić information content (AvgIpc) is 2.59. The van der Waals surface area contributed by atoms with E-state index >= 15 is 0 Å². The molecule has 0 radical (unpaired) electrons. The Morgan fingerprint density at radius 2 is 1.52 bits per heavy atom. The molecule has 4 nitrogen and oxygen atoms in total. The Labute approximate surface area is 137 Å². The molecule has 0 atom stereocenters. The third-order valence-electron chi connectivity index (χ3n) is 3.57. The van der Waals surface area contributed by atoms with Gasteiger partial charge in [-0.3, -0.25) is 0 Å². The maximum absolute atomic E-state index is 11.9. The summed E-state index contributed by atoms with van der Waals surface area (Å²) >= 11 is 0. The zero-order chi connectivity index (χ0) is 16.5. The number of rotatable bonds is 7. The van der Waals surface area contributed by atoms with Crippen molar-refractivity contribution in [1.29, 1.82) is 0 Å². The summed E-state index contributed by atoms with van der Waals surface area (Å²) in [6, 6.07) is 15.7. The van der Waals surface area contributed by atoms with Gasteiger partial charge in [0.25, 0.3) is 0 Å². The van der Waals surface area contributed by atoms with Crippen LogP contribution in [-0.2, 0) is 24.3 Å². The number of anilines is 1. The molecule has 4 heteroatoms. The van der Waals surface area contributed by atoms with E-state index in [1.165, 1.54) is 5.56 Å². The summed E-state index contributed by atoms with van der Waals surface area (Å²) in [5, 5.41) is 5.69. The summed E-state index contributed by atoms with van der Waals surface area (Å²) in [5.74, 6) is 0. The normalized spacial score (nSPS) is 10.3. The van der Waals surface area contributed by atoms with Gasteiger partial charge in [-0.1, -0.05) is 43.3 Å². The summed E-state index contributed by atoms with van der Waals surface area (Å²) in [7, 11) is 0. The lowest BCUT2D eigenvalue weighted by molar-refractivity contribution is 0.134. The third-order valence-corrected chi connectivity index (χ3v) is 3.57. The molecule has 2 aromatic carbocycles. The van der Waals surface area contributed by atoms with E-state index in [2.05, 4.69) is 17.6 Å². The number of hydrogen-bond donors (Lipinski definition) is 2. The lowest BCUT2D eigenvalue weighted by Crippen LogP contribution is -2.28. The molecule has 0 aromatic heterocycles. The highest BCUT2D eigenvalue weighted by Crippen LogP contribution is 2.10. The highest BCUT2D eigenvalue weighted by molar-refractivity contribution is 5.89. The summed E-state index contributed by atoms with van der Waals surface area (Å²) < 4.78 is 5.36. The van der Waals surface area contributed by atoms with Crippen molar-refractivity contribution in [3.05, 3.63) is 65.2 Å². The molecule has 0 saturated heterocycles. The smallest absolute Gasteiger partial charge is 0.319 e. The monoisotopic (exact) mass is 312 g/mol. The van der Waals surface area contributed by atoms with Crippen LogP contribution in [0.2, 0.25) is 0 Å². The number of carbonyl (C=O) groups is 1. The topological polar surface area (TPSA) is 50.4 Å². The molecular weight excluding hydrogens is 288 g/mol. The maximum atomic E-state index is 11.9. The van der Waals surface area contributed by atoms with E-state index < -0.39 is 0 Å². The highest BCUT2D eigenvalue weighted by Gasteiger charge is 2.02. The fourth-order valence-electron chi connectivity index (χ4n) is 2.15. The van der Waals surface area contributed by atoms with Gasteiger partial charge in [0, 0.05) is 18.8 Å². The van der Waals surface area contributed by atoms with Gasteiger partial charge in [0.15, 0.2) is 0 Å². The summed E-state index contributed by atoms with van der Waals surface area (Å²) in [4.78, 5) is 11.9. The molecule has 2 aromatic rings. The van der Waals surface area contributed by atoms with Gasteiger partial charge in [-0.25, -0.2) is 4.79 Å². The minimum absolute atomic E-state index is 0.201. The highest BCUT2D eigenvalue weighted by atomic mass is 16.5. The zero-order valence-corrected chi connectivity index (χ0v) is 13.8. The number of carbonyl (C=O) groups excluding carboxylic acids is 1. The predicted octanol–water partition coefficient (Wildman–Crippen LogP) is 4.11. The summed E-state index contributed by atoms with van der Waals surface area (Å²) in [6.45, 7) is 5.91. The SMILES string of the molecule is CCOCc1ccc(CNC(=O)Nc2ccc(CC)cc2)cc1. The first kappa shape index (κ1) is 17.0. The third kappa shape index (κ3) is 5.75. The van der Waals surface area contributed by atoms with Crippen LogP contribution in [0.3, 0.4) is 0 Å². The van der Waals surface area contributed by atoms with Crippen molar-refractivity contribution >= 4 is 11.7 Å². The Bertz CT molecular complexity index is 606. The molecule has 0 aliphatic rings. The van der Waals surface area contributed by atoms with E-state index in [4.69, 9.17) is 4.74 Å². The van der Waals surface area contributed by atoms with Crippen LogP contribution >= 0.6 is 0 Å². The van der Waals surface area contributed by atoms with Gasteiger partial charge in [0.1, 0.15) is 0 Å². The van der Waals surface area contributed by atoms with Gasteiger partial charge in [-0.05, 0) is 42.2 Å². The Morgan fingerprint density at radius 3 is 2.13 bits per heavy atom. The molecule has 2 rings (SSSR count). The molecule has 0 unspecified atom stereocenters. The van der Waals surface area contributed by atoms with E-state index in [-0.39, 0.29) is 6.03 Å². The molecule has 2 N–H and O–H groups in total. The van der Waals surface area contributed by atoms with E-state index in [0.717, 1.165) is 23.2 Å². The molecule has 0 fully saturated rings. The fraction of sp³-hybridized carbons (Fsp3) is 0.316. The second-order valence-electron chi connectivity index (χ2n) is 5.31. The maximum Gasteiger partial charge on any atom is 0.319 e. The van der Waals surface area contributed by atoms with Crippen LogP contribution < -0.4 is 10.6 Å². The van der Waals surface area contributed by atoms with E-state index in [1.807, 2.05) is 55.5 Å². The molecule has 0 bridgehead atoms. The van der Waals surface area contributed by atoms with Crippen LogP contribution in [-0.4, -0.2) is 12.6 Å². The van der Waals surface area contributed by atoms with Crippen LogP contribution in [0, 0.1) is 0 Å². The number of nitrogens with one attached hydrogen (secondary N) is 2. The van der Waals surface area contributed by atoms with Gasteiger partial charge in [-0.15, -0.1) is 0 Å². The van der Waals surface area contributed by atoms with Crippen LogP contribution in [0.15, 0.2) is 48.5 Å². The zero-order valence-electron chi connectivity index (χ0n) is 13.8. The van der Waals surface area contributed by atoms with Gasteiger partial charge in [-0.2, -0.15) is 0 Å². The summed E-state index contributed by atoms with van der Waals surface area (Å²) in [6.07, 6.45) is 0.992. The minimum Gasteiger partial charge on any atom is -0.377 e. The predicted molar refractivity (Wildman–Crippen MR) is 93.5 cm³/mol. The molecule has 122 valence electrons. The van der Waals surface area contributed by atoms with Crippen molar-refractivity contribution in [2.75, 3.05) is 11.9 Å². The molecule has 0 heterocycles. The van der Waals surface area contributed by atoms with E-state index in [9.17, 15) is 4.79 Å². The number of aryl methyl sites for hydroxylation is 1. The van der Waals surface area contributed by atoms with Gasteiger partial charge in [0.05, 0.1) is 6.61 Å². The summed E-state index contributed by atoms with van der Waals surface area (Å²) in [5.41, 5.74) is 4.24. The first-order chi connectivity index (χ1) is 11.2. The quantitative estimate of drug-likeness (QED) is 0.808. The van der Waals surface area contributed by atoms with Crippen LogP contribution in [0.1, 0.15) is 30.5 Å². The number of amides is 2. The first-order valence-electron chi connectivity index (χ1n) is 8.00. The Hall–Kier alpha value is -2.33. The van der Waals surface area contributed by atoms with E-state index in [0.29, 0.717) is 19.8 Å². The van der Waals surface area contributed by atoms with Crippen molar-refractivity contribution in [2.45, 2.75) is 33.4 Å². The molecule has 0 spiro atoms.